The van der Waals surface area contributed by atoms with E-state index in [1.165, 1.54) is 10.9 Å². The van der Waals surface area contributed by atoms with Crippen molar-refractivity contribution in [1.82, 2.24) is 9.88 Å². The van der Waals surface area contributed by atoms with Crippen molar-refractivity contribution in [2.75, 3.05) is 13.6 Å². The van der Waals surface area contributed by atoms with E-state index in [4.69, 9.17) is 0 Å². The summed E-state index contributed by atoms with van der Waals surface area (Å²) in [5.74, 6) is 0.508. The number of fused-ring (bicyclic) bond motifs is 1. The average molecular weight is 286 g/mol. The Balaban J connectivity index is 1.55. The summed E-state index contributed by atoms with van der Waals surface area (Å²) in [5, 5.41) is 11.1. The van der Waals surface area contributed by atoms with Crippen molar-refractivity contribution in [3.63, 3.8) is 0 Å². The highest BCUT2D eigenvalue weighted by Gasteiger charge is 2.31. The maximum atomic E-state index is 12.2. The molecule has 21 heavy (non-hydrogen) atoms. The first-order valence-electron chi connectivity index (χ1n) is 7.62. The van der Waals surface area contributed by atoms with E-state index in [-0.39, 0.29) is 12.0 Å². The van der Waals surface area contributed by atoms with Crippen LogP contribution in [0.2, 0.25) is 0 Å². The zero-order chi connectivity index (χ0) is 14.8. The summed E-state index contributed by atoms with van der Waals surface area (Å²) in [6.45, 7) is 0.456. The predicted molar refractivity (Wildman–Crippen MR) is 83.0 cm³/mol. The SMILES string of the molecule is CN(CC(O)C1CC1)C(=O)CCc1c[nH]c2ccccc12. The maximum Gasteiger partial charge on any atom is 0.222 e. The van der Waals surface area contributed by atoms with E-state index in [0.29, 0.717) is 18.9 Å². The number of amides is 1. The molecule has 1 amide bonds. The lowest BCUT2D eigenvalue weighted by Gasteiger charge is -2.20. The van der Waals surface area contributed by atoms with Gasteiger partial charge in [0, 0.05) is 37.1 Å². The lowest BCUT2D eigenvalue weighted by atomic mass is 10.1. The van der Waals surface area contributed by atoms with Crippen LogP contribution in [-0.4, -0.2) is 40.6 Å². The number of aliphatic hydroxyl groups is 1. The van der Waals surface area contributed by atoms with Crippen LogP contribution in [0, 0.1) is 5.92 Å². The van der Waals surface area contributed by atoms with Gasteiger partial charge in [-0.25, -0.2) is 0 Å². The summed E-state index contributed by atoms with van der Waals surface area (Å²) in [6.07, 6.45) is 5.03. The largest absolute Gasteiger partial charge is 0.391 e. The van der Waals surface area contributed by atoms with E-state index in [1.807, 2.05) is 24.4 Å². The molecule has 0 saturated heterocycles. The molecular formula is C17H22N2O2. The number of rotatable bonds is 6. The number of nitrogens with one attached hydrogen (secondary N) is 1. The van der Waals surface area contributed by atoms with Crippen molar-refractivity contribution in [2.24, 2.45) is 5.92 Å². The third kappa shape index (κ3) is 3.27. The van der Waals surface area contributed by atoms with Crippen LogP contribution in [0.4, 0.5) is 0 Å². The normalized spacial score (nSPS) is 16.1. The maximum absolute atomic E-state index is 12.2. The molecule has 0 bridgehead atoms. The van der Waals surface area contributed by atoms with E-state index < -0.39 is 0 Å². The Morgan fingerprint density at radius 3 is 2.95 bits per heavy atom. The van der Waals surface area contributed by atoms with Gasteiger partial charge in [0.15, 0.2) is 0 Å². The van der Waals surface area contributed by atoms with Gasteiger partial charge in [-0.3, -0.25) is 4.79 Å². The molecule has 112 valence electrons. The number of hydrogen-bond acceptors (Lipinski definition) is 2. The number of nitrogens with zero attached hydrogens (tertiary/aromatic N) is 1. The second-order valence-corrected chi connectivity index (χ2v) is 6.04. The molecule has 2 aromatic rings. The number of hydrogen-bond donors (Lipinski definition) is 2. The molecule has 1 heterocycles. The molecule has 1 unspecified atom stereocenters. The molecule has 4 heteroatoms. The standard InChI is InChI=1S/C17H22N2O2/c1-19(11-16(20)12-6-7-12)17(21)9-8-13-10-18-15-5-3-2-4-14(13)15/h2-5,10,12,16,18,20H,6-9,11H2,1H3. The van der Waals surface area contributed by atoms with Crippen LogP contribution in [0.15, 0.2) is 30.5 Å². The van der Waals surface area contributed by atoms with Gasteiger partial charge < -0.3 is 15.0 Å². The third-order valence-corrected chi connectivity index (χ3v) is 4.34. The van der Waals surface area contributed by atoms with E-state index in [1.54, 1.807) is 11.9 Å². The molecule has 0 radical (unpaired) electrons. The van der Waals surface area contributed by atoms with Crippen molar-refractivity contribution in [1.29, 1.82) is 0 Å². The van der Waals surface area contributed by atoms with Gasteiger partial charge in [-0.1, -0.05) is 18.2 Å². The van der Waals surface area contributed by atoms with Crippen LogP contribution >= 0.6 is 0 Å². The van der Waals surface area contributed by atoms with Crippen LogP contribution in [0.5, 0.6) is 0 Å². The number of carbonyl (C=O) groups excluding carboxylic acids is 1. The molecule has 1 aliphatic rings. The molecule has 1 aromatic heterocycles. The van der Waals surface area contributed by atoms with Crippen molar-refractivity contribution >= 4 is 16.8 Å². The van der Waals surface area contributed by atoms with E-state index in [9.17, 15) is 9.90 Å². The Morgan fingerprint density at radius 2 is 2.19 bits per heavy atom. The second kappa shape index (κ2) is 5.90. The van der Waals surface area contributed by atoms with Crippen LogP contribution < -0.4 is 0 Å². The van der Waals surface area contributed by atoms with Gasteiger partial charge in [0.25, 0.3) is 0 Å². The minimum atomic E-state index is -0.355. The summed E-state index contributed by atoms with van der Waals surface area (Å²) in [6, 6.07) is 8.13. The van der Waals surface area contributed by atoms with Gasteiger partial charge in [0.05, 0.1) is 6.10 Å². The number of H-pyrrole nitrogens is 1. The second-order valence-electron chi connectivity index (χ2n) is 6.04. The Bertz CT molecular complexity index is 631. The summed E-state index contributed by atoms with van der Waals surface area (Å²) in [5.41, 5.74) is 2.28. The highest BCUT2D eigenvalue weighted by molar-refractivity contribution is 5.84. The van der Waals surface area contributed by atoms with Crippen LogP contribution in [0.1, 0.15) is 24.8 Å². The van der Waals surface area contributed by atoms with Crippen LogP contribution in [-0.2, 0) is 11.2 Å². The molecule has 1 fully saturated rings. The zero-order valence-corrected chi connectivity index (χ0v) is 12.4. The number of aliphatic hydroxyl groups excluding tert-OH is 1. The summed E-state index contributed by atoms with van der Waals surface area (Å²) < 4.78 is 0. The van der Waals surface area contributed by atoms with Gasteiger partial charge in [-0.05, 0) is 36.8 Å². The lowest BCUT2D eigenvalue weighted by molar-refractivity contribution is -0.131. The first-order valence-corrected chi connectivity index (χ1v) is 7.62. The Morgan fingerprint density at radius 1 is 1.43 bits per heavy atom. The molecule has 3 rings (SSSR count). The van der Waals surface area contributed by atoms with Crippen molar-refractivity contribution in [3.8, 4) is 0 Å². The number of benzene rings is 1. The molecule has 1 aromatic carbocycles. The quantitative estimate of drug-likeness (QED) is 0.856. The average Bonchev–Trinajstić information content (AvgIpc) is 3.26. The topological polar surface area (TPSA) is 56.3 Å². The number of likely N-dealkylation sites (N-methyl/N-ethyl adjacent to an activating group) is 1. The van der Waals surface area contributed by atoms with Gasteiger partial charge in [-0.2, -0.15) is 0 Å². The predicted octanol–water partition coefficient (Wildman–Crippen LogP) is 2.33. The number of aryl methyl sites for hydroxylation is 1. The Labute approximate surface area is 124 Å². The van der Waals surface area contributed by atoms with Crippen LogP contribution in [0.3, 0.4) is 0 Å². The van der Waals surface area contributed by atoms with Crippen LogP contribution in [0.25, 0.3) is 10.9 Å². The van der Waals surface area contributed by atoms with E-state index >= 15 is 0 Å². The van der Waals surface area contributed by atoms with Gasteiger partial charge in [0.2, 0.25) is 5.91 Å². The number of para-hydroxylation sites is 1. The van der Waals surface area contributed by atoms with Crippen molar-refractivity contribution in [3.05, 3.63) is 36.0 Å². The molecule has 1 aliphatic carbocycles. The Hall–Kier alpha value is -1.81. The fourth-order valence-corrected chi connectivity index (χ4v) is 2.78. The van der Waals surface area contributed by atoms with E-state index in [0.717, 1.165) is 24.8 Å². The highest BCUT2D eigenvalue weighted by Crippen LogP contribution is 2.32. The highest BCUT2D eigenvalue weighted by atomic mass is 16.3. The van der Waals surface area contributed by atoms with Gasteiger partial charge >= 0.3 is 0 Å². The smallest absolute Gasteiger partial charge is 0.222 e. The monoisotopic (exact) mass is 286 g/mol. The number of carbonyl (C=O) groups is 1. The minimum absolute atomic E-state index is 0.0972. The molecule has 2 N–H and O–H groups in total. The Kier molecular flexibility index (Phi) is 3.97. The van der Waals surface area contributed by atoms with Gasteiger partial charge in [0.1, 0.15) is 0 Å². The minimum Gasteiger partial charge on any atom is -0.391 e. The zero-order valence-electron chi connectivity index (χ0n) is 12.4. The molecule has 4 nitrogen and oxygen atoms in total. The summed E-state index contributed by atoms with van der Waals surface area (Å²) in [7, 11) is 1.78. The molecule has 1 saturated carbocycles. The summed E-state index contributed by atoms with van der Waals surface area (Å²) >= 11 is 0. The molecular weight excluding hydrogens is 264 g/mol. The summed E-state index contributed by atoms with van der Waals surface area (Å²) in [4.78, 5) is 17.1. The first-order chi connectivity index (χ1) is 10.1. The molecule has 1 atom stereocenters. The van der Waals surface area contributed by atoms with E-state index in [2.05, 4.69) is 11.1 Å². The first kappa shape index (κ1) is 14.1. The fourth-order valence-electron chi connectivity index (χ4n) is 2.78. The van der Waals surface area contributed by atoms with Gasteiger partial charge in [-0.15, -0.1) is 0 Å². The number of aromatic amines is 1. The van der Waals surface area contributed by atoms with Crippen molar-refractivity contribution < 1.29 is 9.90 Å². The number of aromatic nitrogens is 1. The fraction of sp³-hybridized carbons (Fsp3) is 0.471. The lowest BCUT2D eigenvalue weighted by Crippen LogP contribution is -2.35. The van der Waals surface area contributed by atoms with Crippen molar-refractivity contribution in [2.45, 2.75) is 31.8 Å². The third-order valence-electron chi connectivity index (χ3n) is 4.34. The molecule has 0 aliphatic heterocycles. The molecule has 0 spiro atoms.